The van der Waals surface area contributed by atoms with E-state index in [1.165, 1.54) is 42.3 Å². The number of piperazine rings is 1. The lowest BCUT2D eigenvalue weighted by Crippen LogP contribution is -2.46. The molecule has 2 aliphatic rings. The first-order valence-electron chi connectivity index (χ1n) is 12.7. The van der Waals surface area contributed by atoms with Gasteiger partial charge in [0, 0.05) is 49.4 Å². The normalized spacial score (nSPS) is 17.3. The molecule has 3 aromatic carbocycles. The highest BCUT2D eigenvalue weighted by Crippen LogP contribution is 2.35. The van der Waals surface area contributed by atoms with Gasteiger partial charge in [0.15, 0.2) is 0 Å². The molecule has 0 spiro atoms. The second kappa shape index (κ2) is 12.4. The Labute approximate surface area is 217 Å². The van der Waals surface area contributed by atoms with Gasteiger partial charge in [-0.1, -0.05) is 42.5 Å². The predicted octanol–water partition coefficient (Wildman–Crippen LogP) is 4.80. The SMILES string of the molecule is COc1ccc2cccc(N3CCN(CCC4CCc5ccccc54)CC3)c2c1.O=C(O)/C=C/C(=O)O. The van der Waals surface area contributed by atoms with Crippen LogP contribution in [0.5, 0.6) is 5.75 Å². The maximum absolute atomic E-state index is 9.55. The summed E-state index contributed by atoms with van der Waals surface area (Å²) >= 11 is 0. The quantitative estimate of drug-likeness (QED) is 0.449. The molecule has 1 unspecified atom stereocenters. The minimum absolute atomic E-state index is 0.558. The summed E-state index contributed by atoms with van der Waals surface area (Å²) in [5, 5.41) is 18.2. The van der Waals surface area contributed by atoms with Gasteiger partial charge in [-0.15, -0.1) is 0 Å². The van der Waals surface area contributed by atoms with Crippen LogP contribution < -0.4 is 9.64 Å². The fraction of sp³-hybridized carbons (Fsp3) is 0.333. The van der Waals surface area contributed by atoms with Crippen molar-refractivity contribution in [3.63, 3.8) is 0 Å². The number of rotatable bonds is 7. The first kappa shape index (κ1) is 26.2. The highest BCUT2D eigenvalue weighted by Gasteiger charge is 2.24. The summed E-state index contributed by atoms with van der Waals surface area (Å²) in [5.74, 6) is -0.824. The summed E-state index contributed by atoms with van der Waals surface area (Å²) in [6, 6.07) is 22.0. The maximum Gasteiger partial charge on any atom is 0.328 e. The summed E-state index contributed by atoms with van der Waals surface area (Å²) in [5.41, 5.74) is 4.52. The zero-order valence-corrected chi connectivity index (χ0v) is 21.2. The highest BCUT2D eigenvalue weighted by atomic mass is 16.5. The number of benzene rings is 3. The van der Waals surface area contributed by atoms with Crippen LogP contribution >= 0.6 is 0 Å². The Hall–Kier alpha value is -3.84. The van der Waals surface area contributed by atoms with Gasteiger partial charge in [0.05, 0.1) is 7.11 Å². The molecule has 37 heavy (non-hydrogen) atoms. The van der Waals surface area contributed by atoms with Crippen molar-refractivity contribution in [2.24, 2.45) is 0 Å². The first-order chi connectivity index (χ1) is 17.9. The summed E-state index contributed by atoms with van der Waals surface area (Å²) in [6.07, 6.45) is 5.00. The van der Waals surface area contributed by atoms with Crippen molar-refractivity contribution in [1.29, 1.82) is 0 Å². The number of aliphatic carboxylic acids is 2. The highest BCUT2D eigenvalue weighted by molar-refractivity contribution is 5.95. The fourth-order valence-corrected chi connectivity index (χ4v) is 5.28. The molecule has 5 rings (SSSR count). The number of methoxy groups -OCH3 is 1. The Morgan fingerprint density at radius 2 is 1.68 bits per heavy atom. The lowest BCUT2D eigenvalue weighted by molar-refractivity contribution is -0.134. The number of aryl methyl sites for hydroxylation is 1. The molecular weight excluding hydrogens is 468 g/mol. The number of nitrogens with zero attached hydrogens (tertiary/aromatic N) is 2. The van der Waals surface area contributed by atoms with Gasteiger partial charge in [0.25, 0.3) is 0 Å². The molecule has 1 aliphatic carbocycles. The van der Waals surface area contributed by atoms with Crippen LogP contribution in [0.15, 0.2) is 72.8 Å². The molecule has 2 N–H and O–H groups in total. The maximum atomic E-state index is 9.55. The Morgan fingerprint density at radius 1 is 0.946 bits per heavy atom. The van der Waals surface area contributed by atoms with Crippen LogP contribution in [0, 0.1) is 0 Å². The first-order valence-corrected chi connectivity index (χ1v) is 12.7. The zero-order valence-electron chi connectivity index (χ0n) is 21.2. The third-order valence-electron chi connectivity index (χ3n) is 7.20. The van der Waals surface area contributed by atoms with Crippen molar-refractivity contribution in [2.75, 3.05) is 44.7 Å². The third kappa shape index (κ3) is 6.89. The molecule has 1 fully saturated rings. The molecule has 7 nitrogen and oxygen atoms in total. The average molecular weight is 503 g/mol. The van der Waals surface area contributed by atoms with Crippen molar-refractivity contribution in [3.8, 4) is 5.75 Å². The molecule has 194 valence electrons. The summed E-state index contributed by atoms with van der Waals surface area (Å²) < 4.78 is 5.46. The monoisotopic (exact) mass is 502 g/mol. The zero-order chi connectivity index (χ0) is 26.2. The van der Waals surface area contributed by atoms with Gasteiger partial charge in [-0.25, -0.2) is 9.59 Å². The number of anilines is 1. The Balaban J connectivity index is 0.000000349. The van der Waals surface area contributed by atoms with Gasteiger partial charge >= 0.3 is 11.9 Å². The van der Waals surface area contributed by atoms with Gasteiger partial charge in [-0.05, 0) is 66.4 Å². The van der Waals surface area contributed by atoms with E-state index in [0.717, 1.165) is 37.8 Å². The summed E-state index contributed by atoms with van der Waals surface area (Å²) in [4.78, 5) is 24.3. The second-order valence-electron chi connectivity index (χ2n) is 9.43. The lowest BCUT2D eigenvalue weighted by atomic mass is 9.97. The van der Waals surface area contributed by atoms with Crippen LogP contribution in [0.4, 0.5) is 5.69 Å². The Bertz CT molecular complexity index is 1250. The van der Waals surface area contributed by atoms with E-state index in [1.807, 2.05) is 6.07 Å². The number of carboxylic acid groups (broad SMARTS) is 2. The van der Waals surface area contributed by atoms with E-state index < -0.39 is 11.9 Å². The second-order valence-corrected chi connectivity index (χ2v) is 9.43. The van der Waals surface area contributed by atoms with Crippen molar-refractivity contribution in [3.05, 3.63) is 83.9 Å². The third-order valence-corrected chi connectivity index (χ3v) is 7.20. The molecule has 1 atom stereocenters. The van der Waals surface area contributed by atoms with E-state index in [9.17, 15) is 9.59 Å². The van der Waals surface area contributed by atoms with E-state index in [4.69, 9.17) is 14.9 Å². The number of carbonyl (C=O) groups is 2. The molecular formula is C30H34N2O5. The molecule has 0 bridgehead atoms. The molecule has 1 aliphatic heterocycles. The number of hydrogen-bond acceptors (Lipinski definition) is 5. The molecule has 1 heterocycles. The van der Waals surface area contributed by atoms with E-state index >= 15 is 0 Å². The minimum Gasteiger partial charge on any atom is -0.497 e. The predicted molar refractivity (Wildman–Crippen MR) is 146 cm³/mol. The largest absolute Gasteiger partial charge is 0.497 e. The summed E-state index contributed by atoms with van der Waals surface area (Å²) in [7, 11) is 1.74. The molecule has 3 aromatic rings. The van der Waals surface area contributed by atoms with Crippen LogP contribution in [0.2, 0.25) is 0 Å². The minimum atomic E-state index is -1.26. The van der Waals surface area contributed by atoms with Crippen LogP contribution in [-0.4, -0.2) is 66.9 Å². The van der Waals surface area contributed by atoms with Crippen molar-refractivity contribution < 1.29 is 24.5 Å². The lowest BCUT2D eigenvalue weighted by Gasteiger charge is -2.37. The summed E-state index contributed by atoms with van der Waals surface area (Å²) in [6.45, 7) is 5.70. The molecule has 7 heteroatoms. The molecule has 0 aromatic heterocycles. The van der Waals surface area contributed by atoms with Crippen LogP contribution in [0.3, 0.4) is 0 Å². The molecule has 0 saturated carbocycles. The van der Waals surface area contributed by atoms with Crippen LogP contribution in [0.1, 0.15) is 29.9 Å². The van der Waals surface area contributed by atoms with Gasteiger partial charge in [0.1, 0.15) is 5.75 Å². The number of fused-ring (bicyclic) bond motifs is 2. The molecule has 0 amide bonds. The van der Waals surface area contributed by atoms with E-state index in [1.54, 1.807) is 18.2 Å². The van der Waals surface area contributed by atoms with Gasteiger partial charge in [0.2, 0.25) is 0 Å². The van der Waals surface area contributed by atoms with Gasteiger partial charge in [-0.3, -0.25) is 4.90 Å². The topological polar surface area (TPSA) is 90.3 Å². The van der Waals surface area contributed by atoms with Crippen LogP contribution in [0.25, 0.3) is 10.8 Å². The van der Waals surface area contributed by atoms with Gasteiger partial charge in [-0.2, -0.15) is 0 Å². The van der Waals surface area contributed by atoms with Crippen molar-refractivity contribution >= 4 is 28.4 Å². The number of carboxylic acids is 2. The van der Waals surface area contributed by atoms with Crippen molar-refractivity contribution in [1.82, 2.24) is 4.90 Å². The standard InChI is InChI=1S/C26H30N2O.C4H4O4/c1-29-23-12-11-21-6-4-8-26(25(21)19-23)28-17-15-27(16-18-28)14-13-22-10-9-20-5-2-3-7-24(20)22;5-3(6)1-2-4(7)8/h2-8,11-12,19,22H,9-10,13-18H2,1H3;1-2H,(H,5,6)(H,7,8)/b;2-1+. The van der Waals surface area contributed by atoms with Crippen LogP contribution in [-0.2, 0) is 16.0 Å². The number of hydrogen-bond donors (Lipinski definition) is 2. The van der Waals surface area contributed by atoms with E-state index in [0.29, 0.717) is 12.2 Å². The van der Waals surface area contributed by atoms with Crippen molar-refractivity contribution in [2.45, 2.75) is 25.2 Å². The fourth-order valence-electron chi connectivity index (χ4n) is 5.28. The molecule has 1 saturated heterocycles. The Kier molecular flexibility index (Phi) is 8.80. The number of ether oxygens (including phenoxy) is 1. The average Bonchev–Trinajstić information content (AvgIpc) is 3.34. The molecule has 0 radical (unpaired) electrons. The smallest absolute Gasteiger partial charge is 0.328 e. The Morgan fingerprint density at radius 3 is 2.38 bits per heavy atom. The van der Waals surface area contributed by atoms with E-state index in [-0.39, 0.29) is 0 Å². The van der Waals surface area contributed by atoms with Gasteiger partial charge < -0.3 is 19.8 Å². The van der Waals surface area contributed by atoms with E-state index in [2.05, 4.69) is 64.4 Å².